The lowest BCUT2D eigenvalue weighted by atomic mass is 9.85. The van der Waals surface area contributed by atoms with Gasteiger partial charge in [0.15, 0.2) is 0 Å². The topological polar surface area (TPSA) is 55.1 Å². The van der Waals surface area contributed by atoms with Crippen LogP contribution in [0, 0.1) is 24.7 Å². The largest absolute Gasteiger partial charge is 0.352 e. The Bertz CT molecular complexity index is 521. The molecule has 1 saturated carbocycles. The Labute approximate surface area is 114 Å². The fraction of sp³-hybridized carbons (Fsp3) is 0.438. The lowest BCUT2D eigenvalue weighted by molar-refractivity contribution is 0.0939. The summed E-state index contributed by atoms with van der Waals surface area (Å²) >= 11 is 0. The molecule has 3 nitrogen and oxygen atoms in total. The molecule has 1 fully saturated rings. The van der Waals surface area contributed by atoms with E-state index in [0.717, 1.165) is 17.7 Å². The molecule has 1 aliphatic carbocycles. The first-order chi connectivity index (χ1) is 9.20. The lowest BCUT2D eigenvalue weighted by Gasteiger charge is -2.25. The average Bonchev–Trinajstić information content (AvgIpc) is 2.35. The summed E-state index contributed by atoms with van der Waals surface area (Å²) in [5.74, 6) is 6.52. The van der Waals surface area contributed by atoms with Crippen molar-refractivity contribution in [1.29, 1.82) is 0 Å². The smallest absolute Gasteiger partial charge is 0.251 e. The number of benzene rings is 1. The Morgan fingerprint density at radius 2 is 2.26 bits per heavy atom. The molecule has 1 aromatic rings. The summed E-state index contributed by atoms with van der Waals surface area (Å²) in [7, 11) is 0. The summed E-state index contributed by atoms with van der Waals surface area (Å²) in [6.45, 7) is 3.11. The van der Waals surface area contributed by atoms with E-state index in [4.69, 9.17) is 5.73 Å². The molecule has 0 atom stereocenters. The predicted octanol–water partition coefficient (Wildman–Crippen LogP) is 1.84. The molecule has 0 bridgehead atoms. The number of amides is 1. The van der Waals surface area contributed by atoms with Crippen molar-refractivity contribution in [3.05, 3.63) is 34.9 Å². The van der Waals surface area contributed by atoms with Gasteiger partial charge in [-0.3, -0.25) is 4.79 Å². The highest BCUT2D eigenvalue weighted by atomic mass is 16.1. The van der Waals surface area contributed by atoms with Crippen molar-refractivity contribution in [1.82, 2.24) is 5.32 Å². The van der Waals surface area contributed by atoms with E-state index in [1.165, 1.54) is 19.3 Å². The standard InChI is InChI=1S/C16H20N2O/c1-12-10-15(8-7-14(12)6-3-9-17)16(19)18-11-13-4-2-5-13/h7-8,10,13H,2,4-5,9,11,17H2,1H3,(H,18,19). The van der Waals surface area contributed by atoms with Crippen LogP contribution in [0.15, 0.2) is 18.2 Å². The molecule has 0 aromatic heterocycles. The zero-order chi connectivity index (χ0) is 13.7. The van der Waals surface area contributed by atoms with Crippen molar-refractivity contribution < 1.29 is 4.79 Å². The van der Waals surface area contributed by atoms with Gasteiger partial charge in [0, 0.05) is 17.7 Å². The lowest BCUT2D eigenvalue weighted by Crippen LogP contribution is -2.32. The van der Waals surface area contributed by atoms with E-state index in [1.807, 2.05) is 25.1 Å². The van der Waals surface area contributed by atoms with Crippen molar-refractivity contribution in [2.24, 2.45) is 11.7 Å². The molecule has 1 amide bonds. The third kappa shape index (κ3) is 3.59. The molecule has 2 rings (SSSR count). The summed E-state index contributed by atoms with van der Waals surface area (Å²) in [5, 5.41) is 3.00. The summed E-state index contributed by atoms with van der Waals surface area (Å²) in [5.41, 5.74) is 8.00. The first-order valence-electron chi connectivity index (χ1n) is 6.78. The second-order valence-electron chi connectivity index (χ2n) is 5.04. The van der Waals surface area contributed by atoms with E-state index in [0.29, 0.717) is 18.0 Å². The first-order valence-corrected chi connectivity index (χ1v) is 6.78. The minimum Gasteiger partial charge on any atom is -0.352 e. The van der Waals surface area contributed by atoms with Gasteiger partial charge in [-0.2, -0.15) is 0 Å². The fourth-order valence-electron chi connectivity index (χ4n) is 2.13. The Morgan fingerprint density at radius 3 is 2.84 bits per heavy atom. The van der Waals surface area contributed by atoms with Gasteiger partial charge >= 0.3 is 0 Å². The highest BCUT2D eigenvalue weighted by molar-refractivity contribution is 5.94. The molecule has 0 aliphatic heterocycles. The monoisotopic (exact) mass is 256 g/mol. The zero-order valence-electron chi connectivity index (χ0n) is 11.3. The van der Waals surface area contributed by atoms with Crippen LogP contribution in [-0.2, 0) is 0 Å². The Kier molecular flexibility index (Phi) is 4.59. The van der Waals surface area contributed by atoms with Crippen LogP contribution in [0.25, 0.3) is 0 Å². The molecule has 1 aromatic carbocycles. The van der Waals surface area contributed by atoms with Crippen LogP contribution in [0.3, 0.4) is 0 Å². The van der Waals surface area contributed by atoms with E-state index in [2.05, 4.69) is 17.2 Å². The molecule has 3 heteroatoms. The maximum absolute atomic E-state index is 12.0. The summed E-state index contributed by atoms with van der Waals surface area (Å²) in [4.78, 5) is 12.0. The van der Waals surface area contributed by atoms with Crippen LogP contribution in [0.5, 0.6) is 0 Å². The molecule has 3 N–H and O–H groups in total. The van der Waals surface area contributed by atoms with E-state index in [1.54, 1.807) is 0 Å². The molecule has 0 spiro atoms. The van der Waals surface area contributed by atoms with Gasteiger partial charge in [-0.15, -0.1) is 0 Å². The maximum Gasteiger partial charge on any atom is 0.251 e. The highest BCUT2D eigenvalue weighted by Crippen LogP contribution is 2.25. The average molecular weight is 256 g/mol. The van der Waals surface area contributed by atoms with Gasteiger partial charge in [-0.05, 0) is 49.4 Å². The normalized spacial score (nSPS) is 14.2. The van der Waals surface area contributed by atoms with Gasteiger partial charge in [-0.25, -0.2) is 0 Å². The quantitative estimate of drug-likeness (QED) is 0.811. The molecular weight excluding hydrogens is 236 g/mol. The van der Waals surface area contributed by atoms with Crippen molar-refractivity contribution in [2.75, 3.05) is 13.1 Å². The van der Waals surface area contributed by atoms with Crippen LogP contribution in [0.2, 0.25) is 0 Å². The molecular formula is C16H20N2O. The number of aryl methyl sites for hydroxylation is 1. The summed E-state index contributed by atoms with van der Waals surface area (Å²) in [6.07, 6.45) is 3.79. The number of nitrogens with two attached hydrogens (primary N) is 1. The number of hydrogen-bond acceptors (Lipinski definition) is 2. The van der Waals surface area contributed by atoms with Crippen LogP contribution in [0.1, 0.15) is 40.7 Å². The Balaban J connectivity index is 1.99. The van der Waals surface area contributed by atoms with Crippen LogP contribution in [-0.4, -0.2) is 19.0 Å². The number of carbonyl (C=O) groups is 1. The molecule has 0 radical (unpaired) electrons. The van der Waals surface area contributed by atoms with Gasteiger partial charge in [0.2, 0.25) is 0 Å². The number of nitrogens with one attached hydrogen (secondary N) is 1. The maximum atomic E-state index is 12.0. The number of hydrogen-bond donors (Lipinski definition) is 2. The SMILES string of the molecule is Cc1cc(C(=O)NCC2CCC2)ccc1C#CCN. The van der Waals surface area contributed by atoms with Crippen molar-refractivity contribution >= 4 is 5.91 Å². The Hall–Kier alpha value is -1.79. The predicted molar refractivity (Wildman–Crippen MR) is 76.8 cm³/mol. The summed E-state index contributed by atoms with van der Waals surface area (Å²) in [6, 6.07) is 5.59. The zero-order valence-corrected chi connectivity index (χ0v) is 11.3. The first kappa shape index (κ1) is 13.6. The Morgan fingerprint density at radius 1 is 1.47 bits per heavy atom. The molecule has 19 heavy (non-hydrogen) atoms. The van der Waals surface area contributed by atoms with E-state index >= 15 is 0 Å². The number of carbonyl (C=O) groups excluding carboxylic acids is 1. The van der Waals surface area contributed by atoms with Gasteiger partial charge < -0.3 is 11.1 Å². The summed E-state index contributed by atoms with van der Waals surface area (Å²) < 4.78 is 0. The molecule has 0 saturated heterocycles. The van der Waals surface area contributed by atoms with Crippen LogP contribution >= 0.6 is 0 Å². The van der Waals surface area contributed by atoms with Gasteiger partial charge in [0.25, 0.3) is 5.91 Å². The second kappa shape index (κ2) is 6.40. The van der Waals surface area contributed by atoms with Crippen molar-refractivity contribution in [2.45, 2.75) is 26.2 Å². The molecule has 0 heterocycles. The third-order valence-corrected chi connectivity index (χ3v) is 3.59. The fourth-order valence-corrected chi connectivity index (χ4v) is 2.13. The van der Waals surface area contributed by atoms with Crippen molar-refractivity contribution in [3.63, 3.8) is 0 Å². The van der Waals surface area contributed by atoms with Crippen LogP contribution in [0.4, 0.5) is 0 Å². The van der Waals surface area contributed by atoms with Crippen molar-refractivity contribution in [3.8, 4) is 11.8 Å². The van der Waals surface area contributed by atoms with E-state index in [9.17, 15) is 4.79 Å². The number of rotatable bonds is 3. The van der Waals surface area contributed by atoms with Crippen LogP contribution < -0.4 is 11.1 Å². The van der Waals surface area contributed by atoms with Gasteiger partial charge in [-0.1, -0.05) is 18.3 Å². The molecule has 1 aliphatic rings. The molecule has 100 valence electrons. The third-order valence-electron chi connectivity index (χ3n) is 3.59. The highest BCUT2D eigenvalue weighted by Gasteiger charge is 2.18. The second-order valence-corrected chi connectivity index (χ2v) is 5.04. The van der Waals surface area contributed by atoms with E-state index in [-0.39, 0.29) is 5.91 Å². The minimum atomic E-state index is 0.00772. The molecule has 0 unspecified atom stereocenters. The van der Waals surface area contributed by atoms with Gasteiger partial charge in [0.05, 0.1) is 6.54 Å². The minimum absolute atomic E-state index is 0.00772. The van der Waals surface area contributed by atoms with Gasteiger partial charge in [0.1, 0.15) is 0 Å². The van der Waals surface area contributed by atoms with E-state index < -0.39 is 0 Å².